The largest absolute Gasteiger partial charge is 0.444 e. The summed E-state index contributed by atoms with van der Waals surface area (Å²) in [6.45, 7) is 7.20. The molecule has 0 fully saturated rings. The van der Waals surface area contributed by atoms with Gasteiger partial charge in [-0.2, -0.15) is 0 Å². The molecule has 14 heavy (non-hydrogen) atoms. The topological polar surface area (TPSA) is 50.4 Å². The van der Waals surface area contributed by atoms with Crippen molar-refractivity contribution in [2.45, 2.75) is 39.2 Å². The lowest BCUT2D eigenvalue weighted by molar-refractivity contribution is 0.0527. The summed E-state index contributed by atoms with van der Waals surface area (Å²) in [5.74, 6) is 0. The first-order valence-corrected chi connectivity index (χ1v) is 5.84. The Balaban J connectivity index is 3.36. The molecule has 0 saturated carbocycles. The molecule has 1 amide bonds. The normalized spacial score (nSPS) is 11.1. The monoisotopic (exact) mass is 314 g/mol. The Morgan fingerprint density at radius 3 is 2.36 bits per heavy atom. The highest BCUT2D eigenvalue weighted by atomic mass is 127. The maximum absolute atomic E-state index is 11.1. The standard InChI is InChI=1S/C9H19IN2O2/c1-9(2,3)14-8(13)11-6-4-5-7-12-10/h12H,4-7H2,1-3H3,(H,11,13). The molecule has 0 saturated heterocycles. The van der Waals surface area contributed by atoms with Crippen LogP contribution in [0, 0.1) is 0 Å². The number of alkyl carbamates (subject to hydrolysis) is 1. The Bertz CT molecular complexity index is 169. The van der Waals surface area contributed by atoms with Crippen LogP contribution in [0.1, 0.15) is 33.6 Å². The van der Waals surface area contributed by atoms with Crippen LogP contribution in [0.2, 0.25) is 0 Å². The molecule has 0 bridgehead atoms. The maximum atomic E-state index is 11.1. The number of rotatable bonds is 5. The van der Waals surface area contributed by atoms with E-state index in [0.29, 0.717) is 6.54 Å². The van der Waals surface area contributed by atoms with E-state index in [0.717, 1.165) is 19.4 Å². The van der Waals surface area contributed by atoms with Crippen LogP contribution >= 0.6 is 22.9 Å². The Morgan fingerprint density at radius 2 is 1.86 bits per heavy atom. The molecule has 0 radical (unpaired) electrons. The van der Waals surface area contributed by atoms with Crippen LogP contribution < -0.4 is 8.85 Å². The maximum Gasteiger partial charge on any atom is 0.407 e. The first-order chi connectivity index (χ1) is 6.45. The van der Waals surface area contributed by atoms with Crippen molar-refractivity contribution in [3.63, 3.8) is 0 Å². The summed E-state index contributed by atoms with van der Waals surface area (Å²) in [6.07, 6.45) is 1.69. The van der Waals surface area contributed by atoms with Gasteiger partial charge < -0.3 is 10.1 Å². The second kappa shape index (κ2) is 7.28. The van der Waals surface area contributed by atoms with Gasteiger partial charge in [-0.25, -0.2) is 4.79 Å². The molecular formula is C9H19IN2O2. The molecule has 84 valence electrons. The molecule has 0 atom stereocenters. The second-order valence-corrected chi connectivity index (χ2v) is 4.78. The van der Waals surface area contributed by atoms with Crippen LogP contribution in [0.15, 0.2) is 0 Å². The number of ether oxygens (including phenoxy) is 1. The van der Waals surface area contributed by atoms with Crippen molar-refractivity contribution in [3.8, 4) is 0 Å². The van der Waals surface area contributed by atoms with Crippen LogP contribution in [-0.4, -0.2) is 24.8 Å². The Kier molecular flexibility index (Phi) is 7.26. The van der Waals surface area contributed by atoms with E-state index in [1.165, 1.54) is 0 Å². The molecule has 0 spiro atoms. The zero-order valence-electron chi connectivity index (χ0n) is 9.02. The third-order valence-electron chi connectivity index (χ3n) is 1.37. The Morgan fingerprint density at radius 1 is 1.29 bits per heavy atom. The van der Waals surface area contributed by atoms with Gasteiger partial charge in [-0.15, -0.1) is 0 Å². The summed E-state index contributed by atoms with van der Waals surface area (Å²) < 4.78 is 8.10. The van der Waals surface area contributed by atoms with E-state index in [4.69, 9.17) is 4.74 Å². The average molecular weight is 314 g/mol. The van der Waals surface area contributed by atoms with E-state index in [9.17, 15) is 4.79 Å². The number of carbonyl (C=O) groups is 1. The SMILES string of the molecule is CC(C)(C)OC(=O)NCCCCNI. The zero-order valence-corrected chi connectivity index (χ0v) is 11.2. The van der Waals surface area contributed by atoms with Crippen molar-refractivity contribution in [1.82, 2.24) is 8.85 Å². The van der Waals surface area contributed by atoms with Crippen LogP contribution in [0.3, 0.4) is 0 Å². The minimum atomic E-state index is -0.409. The van der Waals surface area contributed by atoms with Crippen molar-refractivity contribution in [2.75, 3.05) is 13.1 Å². The molecule has 5 heteroatoms. The van der Waals surface area contributed by atoms with Crippen molar-refractivity contribution < 1.29 is 9.53 Å². The van der Waals surface area contributed by atoms with Gasteiger partial charge in [0, 0.05) is 36.0 Å². The van der Waals surface area contributed by atoms with Gasteiger partial charge in [0.2, 0.25) is 0 Å². The molecule has 0 aromatic carbocycles. The number of nitrogens with one attached hydrogen (secondary N) is 2. The number of hydrogen-bond donors (Lipinski definition) is 2. The number of amides is 1. The third-order valence-corrected chi connectivity index (χ3v) is 1.91. The summed E-state index contributed by atoms with van der Waals surface area (Å²) in [5, 5.41) is 2.71. The van der Waals surface area contributed by atoms with Gasteiger partial charge >= 0.3 is 6.09 Å². The zero-order chi connectivity index (χ0) is 11.0. The highest BCUT2D eigenvalue weighted by Gasteiger charge is 2.15. The fourth-order valence-corrected chi connectivity index (χ4v) is 1.20. The molecule has 0 aliphatic carbocycles. The van der Waals surface area contributed by atoms with E-state index in [1.807, 2.05) is 20.8 Å². The smallest absolute Gasteiger partial charge is 0.407 e. The molecule has 0 rings (SSSR count). The predicted molar refractivity (Wildman–Crippen MR) is 65.5 cm³/mol. The quantitative estimate of drug-likeness (QED) is 0.465. The molecule has 2 N–H and O–H groups in total. The lowest BCUT2D eigenvalue weighted by Crippen LogP contribution is -2.33. The number of hydrogen-bond acceptors (Lipinski definition) is 3. The Labute approximate surface area is 99.7 Å². The van der Waals surface area contributed by atoms with E-state index in [-0.39, 0.29) is 6.09 Å². The molecular weight excluding hydrogens is 295 g/mol. The molecule has 0 unspecified atom stereocenters. The van der Waals surface area contributed by atoms with Crippen LogP contribution in [0.4, 0.5) is 4.79 Å². The van der Waals surface area contributed by atoms with Gasteiger partial charge in [0.15, 0.2) is 0 Å². The number of unbranched alkanes of at least 4 members (excludes halogenated alkanes) is 1. The minimum absolute atomic E-state index is 0.333. The van der Waals surface area contributed by atoms with Crippen LogP contribution in [0.25, 0.3) is 0 Å². The van der Waals surface area contributed by atoms with E-state index in [2.05, 4.69) is 31.7 Å². The molecule has 0 heterocycles. The number of carbonyl (C=O) groups excluding carboxylic acids is 1. The van der Waals surface area contributed by atoms with Gasteiger partial charge in [-0.05, 0) is 33.6 Å². The molecule has 0 aromatic heterocycles. The Hall–Kier alpha value is -0.0400. The molecule has 0 aliphatic rings. The minimum Gasteiger partial charge on any atom is -0.444 e. The highest BCUT2D eigenvalue weighted by Crippen LogP contribution is 2.06. The van der Waals surface area contributed by atoms with Crippen LogP contribution in [-0.2, 0) is 4.74 Å². The van der Waals surface area contributed by atoms with Crippen molar-refractivity contribution in [1.29, 1.82) is 0 Å². The number of halogens is 1. The molecule has 0 aliphatic heterocycles. The van der Waals surface area contributed by atoms with E-state index in [1.54, 1.807) is 0 Å². The van der Waals surface area contributed by atoms with Gasteiger partial charge in [-0.1, -0.05) is 0 Å². The highest BCUT2D eigenvalue weighted by molar-refractivity contribution is 14.1. The first kappa shape index (κ1) is 14.0. The van der Waals surface area contributed by atoms with E-state index < -0.39 is 5.60 Å². The third kappa shape index (κ3) is 10.0. The lowest BCUT2D eigenvalue weighted by atomic mass is 10.2. The van der Waals surface area contributed by atoms with Gasteiger partial charge in [0.25, 0.3) is 0 Å². The first-order valence-electron chi connectivity index (χ1n) is 4.76. The van der Waals surface area contributed by atoms with Gasteiger partial charge in [0.1, 0.15) is 5.60 Å². The second-order valence-electron chi connectivity index (χ2n) is 4.02. The van der Waals surface area contributed by atoms with Crippen molar-refractivity contribution in [3.05, 3.63) is 0 Å². The average Bonchev–Trinajstić information content (AvgIpc) is 2.00. The summed E-state index contributed by atoms with van der Waals surface area (Å²) in [7, 11) is 0. The molecule has 4 nitrogen and oxygen atoms in total. The van der Waals surface area contributed by atoms with Crippen molar-refractivity contribution in [2.24, 2.45) is 0 Å². The van der Waals surface area contributed by atoms with E-state index >= 15 is 0 Å². The van der Waals surface area contributed by atoms with Gasteiger partial charge in [0.05, 0.1) is 0 Å². The van der Waals surface area contributed by atoms with Crippen LogP contribution in [0.5, 0.6) is 0 Å². The fraction of sp³-hybridized carbons (Fsp3) is 0.889. The molecule has 0 aromatic rings. The van der Waals surface area contributed by atoms with Crippen molar-refractivity contribution >= 4 is 29.0 Å². The summed E-state index contributed by atoms with van der Waals surface area (Å²) in [6, 6.07) is 0. The predicted octanol–water partition coefficient (Wildman–Crippen LogP) is 2.23. The van der Waals surface area contributed by atoms with Gasteiger partial charge in [-0.3, -0.25) is 3.53 Å². The summed E-state index contributed by atoms with van der Waals surface area (Å²) in [4.78, 5) is 11.1. The lowest BCUT2D eigenvalue weighted by Gasteiger charge is -2.19. The summed E-state index contributed by atoms with van der Waals surface area (Å²) >= 11 is 2.11. The summed E-state index contributed by atoms with van der Waals surface area (Å²) in [5.41, 5.74) is -0.409. The fourth-order valence-electron chi connectivity index (χ4n) is 0.821.